The summed E-state index contributed by atoms with van der Waals surface area (Å²) in [6.07, 6.45) is 2.31. The smallest absolute Gasteiger partial charge is 0.327 e. The molecule has 2 rings (SSSR count). The zero-order chi connectivity index (χ0) is 58.5. The number of phenols is 2. The number of rotatable bonds is 37. The highest BCUT2D eigenvalue weighted by Gasteiger charge is 2.35. The van der Waals surface area contributed by atoms with Gasteiger partial charge in [-0.2, -0.15) is 12.6 Å². The first-order valence-electron chi connectivity index (χ1n) is 26.4. The van der Waals surface area contributed by atoms with Gasteiger partial charge in [0.1, 0.15) is 59.8 Å². The number of carboxylic acids is 2. The Morgan fingerprint density at radius 2 is 0.872 bits per heavy atom. The van der Waals surface area contributed by atoms with Crippen molar-refractivity contribution in [2.75, 3.05) is 12.3 Å². The van der Waals surface area contributed by atoms with E-state index in [1.807, 2.05) is 13.8 Å². The van der Waals surface area contributed by atoms with Crippen LogP contribution in [0, 0.1) is 5.92 Å². The lowest BCUT2D eigenvalue weighted by atomic mass is 10.0. The van der Waals surface area contributed by atoms with Gasteiger partial charge < -0.3 is 74.4 Å². The van der Waals surface area contributed by atoms with Crippen LogP contribution in [0.25, 0.3) is 0 Å². The molecule has 0 fully saturated rings. The number of carboxylic acid groups (broad SMARTS) is 2. The molecule has 0 heterocycles. The van der Waals surface area contributed by atoms with Gasteiger partial charge >= 0.3 is 11.9 Å². The molecule has 0 aromatic heterocycles. The predicted octanol–water partition coefficient (Wildman–Crippen LogP) is 0.543. The summed E-state index contributed by atoms with van der Waals surface area (Å²) in [5.41, 5.74) is 13.2. The average molecular weight is 1120 g/mol. The molecular formula is C53H82N10O14S. The Morgan fingerprint density at radius 3 is 1.31 bits per heavy atom. The van der Waals surface area contributed by atoms with E-state index in [2.05, 4.69) is 55.2 Å². The van der Waals surface area contributed by atoms with Crippen LogP contribution in [-0.4, -0.2) is 146 Å². The lowest BCUT2D eigenvalue weighted by Crippen LogP contribution is -2.60. The normalized spacial score (nSPS) is 14.6. The molecule has 0 radical (unpaired) electrons. The van der Waals surface area contributed by atoms with Crippen LogP contribution in [0.4, 0.5) is 0 Å². The largest absolute Gasteiger partial charge is 0.508 e. The molecule has 0 unspecified atom stereocenters. The second-order valence-corrected chi connectivity index (χ2v) is 20.0. The van der Waals surface area contributed by atoms with Gasteiger partial charge in [0.15, 0.2) is 0 Å². The molecule has 0 aliphatic carbocycles. The van der Waals surface area contributed by atoms with Gasteiger partial charge in [-0.25, -0.2) is 4.79 Å². The second-order valence-electron chi connectivity index (χ2n) is 19.7. The number of carbonyl (C=O) groups excluding carboxylic acids is 8. The van der Waals surface area contributed by atoms with Crippen molar-refractivity contribution in [2.45, 2.75) is 179 Å². The summed E-state index contributed by atoms with van der Waals surface area (Å²) < 4.78 is 0. The van der Waals surface area contributed by atoms with Crippen LogP contribution in [0.15, 0.2) is 48.5 Å². The minimum atomic E-state index is -1.52. The van der Waals surface area contributed by atoms with E-state index >= 15 is 0 Å². The van der Waals surface area contributed by atoms with Crippen molar-refractivity contribution in [1.82, 2.24) is 42.5 Å². The van der Waals surface area contributed by atoms with Crippen LogP contribution >= 0.6 is 12.6 Å². The molecule has 24 nitrogen and oxygen atoms in total. The maximum Gasteiger partial charge on any atom is 0.327 e. The number of carbonyl (C=O) groups is 10. The molecule has 9 atom stereocenters. The highest BCUT2D eigenvalue weighted by molar-refractivity contribution is 7.80. The number of aromatic hydroxyl groups is 2. The predicted molar refractivity (Wildman–Crippen MR) is 292 cm³/mol. The van der Waals surface area contributed by atoms with Crippen LogP contribution in [0.1, 0.15) is 123 Å². The maximum absolute atomic E-state index is 14.4. The summed E-state index contributed by atoms with van der Waals surface area (Å²) in [5, 5.41) is 59.2. The van der Waals surface area contributed by atoms with Gasteiger partial charge in [-0.05, 0) is 106 Å². The molecule has 0 saturated heterocycles. The number of thiol groups is 1. The van der Waals surface area contributed by atoms with Crippen LogP contribution in [0.3, 0.4) is 0 Å². The van der Waals surface area contributed by atoms with Gasteiger partial charge in [-0.15, -0.1) is 0 Å². The Morgan fingerprint density at radius 1 is 0.487 bits per heavy atom. The molecule has 0 spiro atoms. The standard InChI is InChI=1S/C53H82N10O14S/c1-6-8-12-37(60-52(75)42(28-33-17-21-35(65)22-18-33)62-48(71)39(14-10-11-25-54)58-46(69)36(55)27-32-15-19-34(64)20-16-32)47(70)61-41(26-30(3)4)51(74)56-31(5)45(68)57-40(23-24-44(66)67)50(73)59-38(13-9-7-2)49(72)63-43(29-78)53(76)77/h15-22,30-31,36-43,64-65,78H,6-14,23-29,54-55H2,1-5H3,(H,56,74)(H,57,68)(H,58,69)(H,59,73)(H,60,75)(H,61,70)(H,62,71)(H,63,72)(H,66,67)(H,76,77)/t31-,36-,37-,38-,39-,40-,41-,42-,43-/m0/s1. The highest BCUT2D eigenvalue weighted by Crippen LogP contribution is 2.15. The van der Waals surface area contributed by atoms with Crippen molar-refractivity contribution < 1.29 is 68.4 Å². The Balaban J connectivity index is 2.37. The fraction of sp³-hybridized carbons (Fsp3) is 0.585. The monoisotopic (exact) mass is 1110 g/mol. The fourth-order valence-corrected chi connectivity index (χ4v) is 8.16. The first-order chi connectivity index (χ1) is 36.9. The van der Waals surface area contributed by atoms with E-state index in [0.29, 0.717) is 56.2 Å². The number of phenolic OH excluding ortho intramolecular Hbond substituents is 2. The van der Waals surface area contributed by atoms with Crippen molar-refractivity contribution in [3.63, 3.8) is 0 Å². The number of benzene rings is 2. The van der Waals surface area contributed by atoms with Crippen LogP contribution in [0.2, 0.25) is 0 Å². The molecule has 2 aromatic rings. The van der Waals surface area contributed by atoms with Gasteiger partial charge in [0.2, 0.25) is 47.3 Å². The summed E-state index contributed by atoms with van der Waals surface area (Å²) in [6.45, 7) is 8.85. The molecule has 78 heavy (non-hydrogen) atoms. The third-order valence-corrected chi connectivity index (χ3v) is 12.8. The number of nitrogens with one attached hydrogen (secondary N) is 8. The summed E-state index contributed by atoms with van der Waals surface area (Å²) in [4.78, 5) is 134. The minimum Gasteiger partial charge on any atom is -0.508 e. The molecule has 0 saturated carbocycles. The zero-order valence-corrected chi connectivity index (χ0v) is 46.1. The zero-order valence-electron chi connectivity index (χ0n) is 45.2. The quantitative estimate of drug-likeness (QED) is 0.0324. The van der Waals surface area contributed by atoms with Gasteiger partial charge in [0, 0.05) is 18.6 Å². The summed E-state index contributed by atoms with van der Waals surface area (Å²) in [5.74, 6) is -9.58. The van der Waals surface area contributed by atoms with Crippen molar-refractivity contribution >= 4 is 71.8 Å². The number of hydrogen-bond acceptors (Lipinski definition) is 15. The molecule has 8 amide bonds. The van der Waals surface area contributed by atoms with E-state index in [-0.39, 0.29) is 61.7 Å². The molecular weight excluding hydrogens is 1030 g/mol. The number of nitrogens with two attached hydrogens (primary N) is 2. The maximum atomic E-state index is 14.4. The van der Waals surface area contributed by atoms with E-state index in [9.17, 15) is 68.4 Å². The Labute approximate surface area is 460 Å². The number of amides is 8. The topological polar surface area (TPSA) is 400 Å². The lowest BCUT2D eigenvalue weighted by Gasteiger charge is -2.28. The van der Waals surface area contributed by atoms with Crippen molar-refractivity contribution in [3.05, 3.63) is 59.7 Å². The van der Waals surface area contributed by atoms with E-state index < -0.39 is 126 Å². The summed E-state index contributed by atoms with van der Waals surface area (Å²) >= 11 is 3.96. The number of hydrogen-bond donors (Lipinski definition) is 15. The first kappa shape index (κ1) is 67.1. The Bertz CT molecular complexity index is 2290. The second kappa shape index (κ2) is 35.4. The van der Waals surface area contributed by atoms with Gasteiger partial charge in [-0.3, -0.25) is 43.2 Å². The van der Waals surface area contributed by atoms with Crippen molar-refractivity contribution in [3.8, 4) is 11.5 Å². The molecule has 0 aliphatic rings. The van der Waals surface area contributed by atoms with Crippen molar-refractivity contribution in [1.29, 1.82) is 0 Å². The van der Waals surface area contributed by atoms with E-state index in [1.165, 1.54) is 31.2 Å². The van der Waals surface area contributed by atoms with Gasteiger partial charge in [-0.1, -0.05) is 77.6 Å². The summed E-state index contributed by atoms with van der Waals surface area (Å²) in [6, 6.07) is 0.318. The van der Waals surface area contributed by atoms with Crippen LogP contribution in [-0.2, 0) is 60.8 Å². The molecule has 0 aliphatic heterocycles. The molecule has 2 aromatic carbocycles. The molecule has 434 valence electrons. The summed E-state index contributed by atoms with van der Waals surface area (Å²) in [7, 11) is 0. The van der Waals surface area contributed by atoms with Gasteiger partial charge in [0.05, 0.1) is 6.04 Å². The third kappa shape index (κ3) is 25.0. The Kier molecular flexibility index (Phi) is 30.5. The Hall–Kier alpha value is -6.99. The van der Waals surface area contributed by atoms with E-state index in [4.69, 9.17) is 11.5 Å². The molecule has 0 bridgehead atoms. The lowest BCUT2D eigenvalue weighted by molar-refractivity contribution is -0.141. The van der Waals surface area contributed by atoms with Crippen LogP contribution in [0.5, 0.6) is 11.5 Å². The molecule has 25 heteroatoms. The number of unbranched alkanes of at least 4 members (excludes halogenated alkanes) is 3. The minimum absolute atomic E-state index is 0.0312. The SMILES string of the molecule is CCCC[C@H](NC(=O)[C@H](CCC(=O)O)NC(=O)[C@H](C)NC(=O)[C@H](CC(C)C)NC(=O)[C@H](CCCC)NC(=O)[C@H](Cc1ccc(O)cc1)NC(=O)[C@H](CCCCN)NC(=O)[C@@H](N)Cc1ccc(O)cc1)C(=O)N[C@@H](CS)C(=O)O. The highest BCUT2D eigenvalue weighted by atomic mass is 32.1. The first-order valence-corrected chi connectivity index (χ1v) is 27.1. The molecule has 16 N–H and O–H groups in total. The third-order valence-electron chi connectivity index (χ3n) is 12.4. The van der Waals surface area contributed by atoms with Crippen molar-refractivity contribution in [2.24, 2.45) is 17.4 Å². The van der Waals surface area contributed by atoms with E-state index in [1.54, 1.807) is 38.1 Å². The fourth-order valence-electron chi connectivity index (χ4n) is 7.91. The van der Waals surface area contributed by atoms with E-state index in [0.717, 1.165) is 0 Å². The van der Waals surface area contributed by atoms with Gasteiger partial charge in [0.25, 0.3) is 0 Å². The van der Waals surface area contributed by atoms with Crippen LogP contribution < -0.4 is 54.0 Å². The number of aliphatic carboxylic acids is 2. The average Bonchev–Trinajstić information content (AvgIpc) is 3.38.